The number of hydrogen-bond acceptors (Lipinski definition) is 6. The Morgan fingerprint density at radius 3 is 2.13 bits per heavy atom. The highest BCUT2D eigenvalue weighted by atomic mass is 16.6. The van der Waals surface area contributed by atoms with Gasteiger partial charge in [-0.1, -0.05) is 37.4 Å². The van der Waals surface area contributed by atoms with Crippen molar-refractivity contribution in [2.45, 2.75) is 25.4 Å². The van der Waals surface area contributed by atoms with Gasteiger partial charge in [-0.25, -0.2) is 9.59 Å². The normalized spacial score (nSPS) is 10.9. The molecule has 2 aromatic rings. The number of rotatable bonds is 12. The molecule has 0 saturated carbocycles. The summed E-state index contributed by atoms with van der Waals surface area (Å²) in [6.45, 7) is 7.18. The third kappa shape index (κ3) is 8.19. The molecule has 160 valence electrons. The molecule has 1 unspecified atom stereocenters. The molecule has 2 rings (SSSR count). The minimum Gasteiger partial charge on any atom is -0.494 e. The molecule has 0 bridgehead atoms. The molecular formula is C25H25NO5. The van der Waals surface area contributed by atoms with Crippen molar-refractivity contribution in [1.82, 2.24) is 0 Å². The van der Waals surface area contributed by atoms with Crippen LogP contribution in [0.25, 0.3) is 11.1 Å². The Balaban J connectivity index is 1.76. The molecule has 31 heavy (non-hydrogen) atoms. The van der Waals surface area contributed by atoms with Gasteiger partial charge in [-0.3, -0.25) is 0 Å². The molecule has 0 fully saturated rings. The molecule has 0 heterocycles. The summed E-state index contributed by atoms with van der Waals surface area (Å²) in [7, 11) is 0. The van der Waals surface area contributed by atoms with Crippen LogP contribution in [0, 0.1) is 11.3 Å². The lowest BCUT2D eigenvalue weighted by atomic mass is 10.0. The van der Waals surface area contributed by atoms with Crippen LogP contribution in [0.2, 0.25) is 0 Å². The summed E-state index contributed by atoms with van der Waals surface area (Å²) in [6.07, 6.45) is 3.60. The quantitative estimate of drug-likeness (QED) is 0.284. The van der Waals surface area contributed by atoms with E-state index in [1.807, 2.05) is 36.4 Å². The van der Waals surface area contributed by atoms with Crippen LogP contribution in [0.4, 0.5) is 0 Å². The number of nitrogens with zero attached hydrogens (tertiary/aromatic N) is 1. The molecule has 0 spiro atoms. The third-order valence-corrected chi connectivity index (χ3v) is 4.42. The first-order valence-corrected chi connectivity index (χ1v) is 9.91. The Labute approximate surface area is 182 Å². The highest BCUT2D eigenvalue weighted by molar-refractivity contribution is 5.82. The topological polar surface area (TPSA) is 85.6 Å². The van der Waals surface area contributed by atoms with Gasteiger partial charge in [0.1, 0.15) is 18.5 Å². The van der Waals surface area contributed by atoms with Gasteiger partial charge >= 0.3 is 11.9 Å². The molecule has 6 heteroatoms. The van der Waals surface area contributed by atoms with Crippen LogP contribution in [0.3, 0.4) is 0 Å². The number of ether oxygens (including phenoxy) is 3. The second-order valence-electron chi connectivity index (χ2n) is 6.65. The lowest BCUT2D eigenvalue weighted by molar-refractivity contribution is -0.153. The second kappa shape index (κ2) is 12.7. The van der Waals surface area contributed by atoms with Crippen molar-refractivity contribution in [3.05, 3.63) is 79.4 Å². The zero-order valence-corrected chi connectivity index (χ0v) is 17.3. The predicted molar refractivity (Wildman–Crippen MR) is 117 cm³/mol. The Hall–Kier alpha value is -3.85. The molecule has 1 atom stereocenters. The van der Waals surface area contributed by atoms with Gasteiger partial charge in [0.05, 0.1) is 18.2 Å². The van der Waals surface area contributed by atoms with E-state index in [-0.39, 0.29) is 6.61 Å². The summed E-state index contributed by atoms with van der Waals surface area (Å²) in [5.41, 5.74) is 2.70. The maximum absolute atomic E-state index is 11.4. The number of hydrogen-bond donors (Lipinski definition) is 0. The van der Waals surface area contributed by atoms with Crippen LogP contribution in [-0.2, 0) is 19.1 Å². The molecule has 0 aliphatic rings. The fraction of sp³-hybridized carbons (Fsp3) is 0.240. The van der Waals surface area contributed by atoms with E-state index in [0.717, 1.165) is 41.9 Å². The molecular weight excluding hydrogens is 394 g/mol. The van der Waals surface area contributed by atoms with Gasteiger partial charge < -0.3 is 14.2 Å². The van der Waals surface area contributed by atoms with E-state index in [1.54, 1.807) is 12.1 Å². The standard InChI is InChI=1S/C25H25NO5/c1-3-24(27)30-18-23(31-25(28)4-2)7-5-6-16-29-22-14-12-21(13-15-22)20-10-8-19(17-26)9-11-20/h3-4,8-15,23H,1-2,5-7,16,18H2. The fourth-order valence-corrected chi connectivity index (χ4v) is 2.77. The van der Waals surface area contributed by atoms with Crippen molar-refractivity contribution in [3.63, 3.8) is 0 Å². The zero-order chi connectivity index (χ0) is 22.5. The van der Waals surface area contributed by atoms with Crippen LogP contribution < -0.4 is 4.74 Å². The fourth-order valence-electron chi connectivity index (χ4n) is 2.77. The van der Waals surface area contributed by atoms with Crippen molar-refractivity contribution in [3.8, 4) is 22.9 Å². The Morgan fingerprint density at radius 2 is 1.55 bits per heavy atom. The lowest BCUT2D eigenvalue weighted by Gasteiger charge is -2.16. The van der Waals surface area contributed by atoms with Crippen LogP contribution in [0.5, 0.6) is 5.75 Å². The average Bonchev–Trinajstić information content (AvgIpc) is 2.82. The number of carbonyl (C=O) groups excluding carboxylic acids is 2. The highest BCUT2D eigenvalue weighted by Crippen LogP contribution is 2.23. The predicted octanol–water partition coefficient (Wildman–Crippen LogP) is 4.60. The van der Waals surface area contributed by atoms with Crippen molar-refractivity contribution in [1.29, 1.82) is 5.26 Å². The largest absolute Gasteiger partial charge is 0.494 e. The van der Waals surface area contributed by atoms with E-state index in [1.165, 1.54) is 0 Å². The maximum atomic E-state index is 11.4. The summed E-state index contributed by atoms with van der Waals surface area (Å²) in [6, 6.07) is 17.2. The maximum Gasteiger partial charge on any atom is 0.330 e. The van der Waals surface area contributed by atoms with E-state index < -0.39 is 18.0 Å². The molecule has 0 aromatic heterocycles. The minimum atomic E-state index is -0.563. The summed E-state index contributed by atoms with van der Waals surface area (Å²) in [5, 5.41) is 8.88. The second-order valence-corrected chi connectivity index (χ2v) is 6.65. The lowest BCUT2D eigenvalue weighted by Crippen LogP contribution is -2.24. The van der Waals surface area contributed by atoms with Gasteiger partial charge in [-0.15, -0.1) is 0 Å². The van der Waals surface area contributed by atoms with Crippen LogP contribution in [0.1, 0.15) is 24.8 Å². The van der Waals surface area contributed by atoms with Crippen molar-refractivity contribution in [2.75, 3.05) is 13.2 Å². The van der Waals surface area contributed by atoms with Gasteiger partial charge in [-0.2, -0.15) is 5.26 Å². The molecule has 0 amide bonds. The zero-order valence-electron chi connectivity index (χ0n) is 17.3. The summed E-state index contributed by atoms with van der Waals surface area (Å²) >= 11 is 0. The smallest absolute Gasteiger partial charge is 0.330 e. The molecule has 0 radical (unpaired) electrons. The van der Waals surface area contributed by atoms with E-state index in [2.05, 4.69) is 19.2 Å². The molecule has 0 aliphatic carbocycles. The first kappa shape index (κ1) is 23.4. The van der Waals surface area contributed by atoms with E-state index in [9.17, 15) is 9.59 Å². The van der Waals surface area contributed by atoms with Crippen LogP contribution in [-0.4, -0.2) is 31.3 Å². The monoisotopic (exact) mass is 419 g/mol. The molecule has 0 saturated heterocycles. The Morgan fingerprint density at radius 1 is 0.935 bits per heavy atom. The van der Waals surface area contributed by atoms with E-state index in [0.29, 0.717) is 18.6 Å². The number of unbranched alkanes of at least 4 members (excludes halogenated alkanes) is 1. The first-order chi connectivity index (χ1) is 15.0. The number of carbonyl (C=O) groups is 2. The SMILES string of the molecule is C=CC(=O)OCC(CCCCOc1ccc(-c2ccc(C#N)cc2)cc1)OC(=O)C=C. The van der Waals surface area contributed by atoms with Crippen LogP contribution >= 0.6 is 0 Å². The Bertz CT molecular complexity index is 926. The summed E-state index contributed by atoms with van der Waals surface area (Å²) in [5.74, 6) is -0.363. The van der Waals surface area contributed by atoms with Crippen molar-refractivity contribution >= 4 is 11.9 Å². The van der Waals surface area contributed by atoms with Gasteiger partial charge in [0, 0.05) is 12.2 Å². The summed E-state index contributed by atoms with van der Waals surface area (Å²) in [4.78, 5) is 22.6. The highest BCUT2D eigenvalue weighted by Gasteiger charge is 2.14. The number of nitriles is 1. The minimum absolute atomic E-state index is 0.0257. The van der Waals surface area contributed by atoms with Gasteiger partial charge in [-0.05, 0) is 54.7 Å². The average molecular weight is 419 g/mol. The van der Waals surface area contributed by atoms with E-state index in [4.69, 9.17) is 19.5 Å². The van der Waals surface area contributed by atoms with Crippen LogP contribution in [0.15, 0.2) is 73.8 Å². The first-order valence-electron chi connectivity index (χ1n) is 9.91. The number of benzene rings is 2. The van der Waals surface area contributed by atoms with Gasteiger partial charge in [0.2, 0.25) is 0 Å². The van der Waals surface area contributed by atoms with Gasteiger partial charge in [0.25, 0.3) is 0 Å². The summed E-state index contributed by atoms with van der Waals surface area (Å²) < 4.78 is 15.9. The molecule has 6 nitrogen and oxygen atoms in total. The third-order valence-electron chi connectivity index (χ3n) is 4.42. The van der Waals surface area contributed by atoms with E-state index >= 15 is 0 Å². The molecule has 2 aromatic carbocycles. The Kier molecular flexibility index (Phi) is 9.57. The van der Waals surface area contributed by atoms with Gasteiger partial charge in [0.15, 0.2) is 0 Å². The number of esters is 2. The molecule has 0 N–H and O–H groups in total. The molecule has 0 aliphatic heterocycles. The van der Waals surface area contributed by atoms with Crippen molar-refractivity contribution < 1.29 is 23.8 Å². The van der Waals surface area contributed by atoms with Crippen molar-refractivity contribution in [2.24, 2.45) is 0 Å².